The number of aryl methyl sites for hydroxylation is 1. The van der Waals surface area contributed by atoms with Crippen molar-refractivity contribution in [3.63, 3.8) is 0 Å². The summed E-state index contributed by atoms with van der Waals surface area (Å²) in [6.45, 7) is 2.24. The van der Waals surface area contributed by atoms with Crippen molar-refractivity contribution in [2.75, 3.05) is 5.32 Å². The number of thiocarbonyl (C=S) groups is 1. The number of carbonyl (C=O) groups excluding carboxylic acids is 1. The standard InChI is InChI=1S/C23H27N3O2S/c1-2-3-4-5-6-7-8-17-9-11-19(12-10-17)25-23(29)26-22(27)21-15-18-16-24-14-13-20(18)28-21/h9-16H,2-8H2,1H3,(H2,25,26,27,29). The highest BCUT2D eigenvalue weighted by atomic mass is 32.1. The Morgan fingerprint density at radius 3 is 2.59 bits per heavy atom. The molecule has 5 nitrogen and oxygen atoms in total. The van der Waals surface area contributed by atoms with Crippen molar-refractivity contribution in [3.8, 4) is 0 Å². The Hall–Kier alpha value is -2.73. The fourth-order valence-corrected chi connectivity index (χ4v) is 3.40. The van der Waals surface area contributed by atoms with E-state index < -0.39 is 5.91 Å². The number of benzene rings is 1. The fourth-order valence-electron chi connectivity index (χ4n) is 3.19. The Balaban J connectivity index is 1.44. The molecule has 152 valence electrons. The lowest BCUT2D eigenvalue weighted by Gasteiger charge is -2.09. The monoisotopic (exact) mass is 409 g/mol. The quantitative estimate of drug-likeness (QED) is 0.342. The molecule has 2 aromatic heterocycles. The van der Waals surface area contributed by atoms with Crippen molar-refractivity contribution in [2.45, 2.75) is 51.9 Å². The number of fused-ring (bicyclic) bond motifs is 1. The first-order valence-corrected chi connectivity index (χ1v) is 10.6. The summed E-state index contributed by atoms with van der Waals surface area (Å²) in [5.41, 5.74) is 2.78. The van der Waals surface area contributed by atoms with E-state index in [0.29, 0.717) is 5.58 Å². The predicted octanol–water partition coefficient (Wildman–Crippen LogP) is 5.86. The number of nitrogens with one attached hydrogen (secondary N) is 2. The molecule has 2 N–H and O–H groups in total. The molecule has 0 aliphatic rings. The second-order valence-corrected chi connectivity index (χ2v) is 7.56. The maximum atomic E-state index is 12.3. The highest BCUT2D eigenvalue weighted by molar-refractivity contribution is 7.80. The number of unbranched alkanes of at least 4 members (excludes halogenated alkanes) is 5. The van der Waals surface area contributed by atoms with Gasteiger partial charge in [0.15, 0.2) is 10.9 Å². The van der Waals surface area contributed by atoms with Crippen molar-refractivity contribution < 1.29 is 9.21 Å². The van der Waals surface area contributed by atoms with Crippen LogP contribution >= 0.6 is 12.2 Å². The largest absolute Gasteiger partial charge is 0.451 e. The number of hydrogen-bond donors (Lipinski definition) is 2. The maximum Gasteiger partial charge on any atom is 0.293 e. The van der Waals surface area contributed by atoms with Crippen molar-refractivity contribution in [2.24, 2.45) is 0 Å². The first-order chi connectivity index (χ1) is 14.2. The van der Waals surface area contributed by atoms with Crippen LogP contribution < -0.4 is 10.6 Å². The van der Waals surface area contributed by atoms with E-state index in [9.17, 15) is 4.79 Å². The Labute approximate surface area is 176 Å². The number of carbonyl (C=O) groups is 1. The third-order valence-electron chi connectivity index (χ3n) is 4.80. The maximum absolute atomic E-state index is 12.3. The third kappa shape index (κ3) is 6.39. The van der Waals surface area contributed by atoms with Crippen LogP contribution in [-0.4, -0.2) is 16.0 Å². The molecular weight excluding hydrogens is 382 g/mol. The zero-order valence-electron chi connectivity index (χ0n) is 16.7. The summed E-state index contributed by atoms with van der Waals surface area (Å²) in [6, 6.07) is 11.5. The van der Waals surface area contributed by atoms with E-state index in [1.54, 1.807) is 24.5 Å². The smallest absolute Gasteiger partial charge is 0.293 e. The molecule has 0 atom stereocenters. The minimum absolute atomic E-state index is 0.200. The van der Waals surface area contributed by atoms with E-state index in [1.807, 2.05) is 12.1 Å². The number of hydrogen-bond acceptors (Lipinski definition) is 4. The summed E-state index contributed by atoms with van der Waals surface area (Å²) in [5.74, 6) is -0.190. The van der Waals surface area contributed by atoms with Crippen LogP contribution in [0.1, 0.15) is 61.6 Å². The van der Waals surface area contributed by atoms with E-state index in [2.05, 4.69) is 34.7 Å². The molecule has 3 aromatic rings. The van der Waals surface area contributed by atoms with Crippen molar-refractivity contribution in [3.05, 3.63) is 60.1 Å². The number of rotatable bonds is 9. The zero-order valence-corrected chi connectivity index (χ0v) is 17.6. The molecule has 3 rings (SSSR count). The van der Waals surface area contributed by atoms with Crippen molar-refractivity contribution in [1.29, 1.82) is 0 Å². The zero-order chi connectivity index (χ0) is 20.5. The molecule has 0 saturated heterocycles. The molecule has 29 heavy (non-hydrogen) atoms. The third-order valence-corrected chi connectivity index (χ3v) is 5.00. The van der Waals surface area contributed by atoms with Crippen LogP contribution in [-0.2, 0) is 6.42 Å². The van der Waals surface area contributed by atoms with E-state index >= 15 is 0 Å². The molecule has 0 radical (unpaired) electrons. The van der Waals surface area contributed by atoms with Crippen LogP contribution in [0.2, 0.25) is 0 Å². The number of amides is 1. The van der Waals surface area contributed by atoms with Gasteiger partial charge in [0.1, 0.15) is 5.58 Å². The van der Waals surface area contributed by atoms with Crippen LogP contribution in [0.25, 0.3) is 11.0 Å². The topological polar surface area (TPSA) is 67.2 Å². The summed E-state index contributed by atoms with van der Waals surface area (Å²) in [5, 5.41) is 6.69. The van der Waals surface area contributed by atoms with Crippen LogP contribution in [0.15, 0.2) is 53.2 Å². The number of anilines is 1. The number of furan rings is 1. The summed E-state index contributed by atoms with van der Waals surface area (Å²) >= 11 is 5.25. The predicted molar refractivity (Wildman–Crippen MR) is 121 cm³/mol. The summed E-state index contributed by atoms with van der Waals surface area (Å²) in [6.07, 6.45) is 12.2. The molecule has 0 unspecified atom stereocenters. The Bertz CT molecular complexity index is 917. The number of nitrogens with zero attached hydrogens (tertiary/aromatic N) is 1. The summed E-state index contributed by atoms with van der Waals surface area (Å²) < 4.78 is 5.53. The van der Waals surface area contributed by atoms with Crippen LogP contribution in [0.4, 0.5) is 5.69 Å². The van der Waals surface area contributed by atoms with Gasteiger partial charge in [-0.25, -0.2) is 0 Å². The van der Waals surface area contributed by atoms with Gasteiger partial charge in [-0.2, -0.15) is 0 Å². The highest BCUT2D eigenvalue weighted by Crippen LogP contribution is 2.18. The minimum atomic E-state index is -0.390. The van der Waals surface area contributed by atoms with Crippen LogP contribution in [0.3, 0.4) is 0 Å². The molecule has 1 aromatic carbocycles. The van der Waals surface area contributed by atoms with Crippen LogP contribution in [0, 0.1) is 0 Å². The Morgan fingerprint density at radius 1 is 1.07 bits per heavy atom. The van der Waals surface area contributed by atoms with Gasteiger partial charge in [-0.3, -0.25) is 15.1 Å². The normalized spacial score (nSPS) is 10.8. The van der Waals surface area contributed by atoms with Gasteiger partial charge < -0.3 is 9.73 Å². The summed E-state index contributed by atoms with van der Waals surface area (Å²) in [4.78, 5) is 16.3. The average molecular weight is 410 g/mol. The molecule has 0 aliphatic carbocycles. The van der Waals surface area contributed by atoms with E-state index in [1.165, 1.54) is 44.1 Å². The number of pyridine rings is 1. The second kappa shape index (κ2) is 10.7. The fraction of sp³-hybridized carbons (Fsp3) is 0.348. The van der Waals surface area contributed by atoms with Gasteiger partial charge in [0.05, 0.1) is 0 Å². The molecule has 0 aliphatic heterocycles. The van der Waals surface area contributed by atoms with Crippen LogP contribution in [0.5, 0.6) is 0 Å². The lowest BCUT2D eigenvalue weighted by molar-refractivity contribution is 0.0953. The van der Waals surface area contributed by atoms with Gasteiger partial charge in [-0.15, -0.1) is 0 Å². The van der Waals surface area contributed by atoms with Gasteiger partial charge >= 0.3 is 0 Å². The lowest BCUT2D eigenvalue weighted by Crippen LogP contribution is -2.33. The van der Waals surface area contributed by atoms with Gasteiger partial charge in [-0.05, 0) is 54.9 Å². The van der Waals surface area contributed by atoms with Crippen molar-refractivity contribution in [1.82, 2.24) is 10.3 Å². The van der Waals surface area contributed by atoms with Gasteiger partial charge in [0, 0.05) is 23.5 Å². The van der Waals surface area contributed by atoms with Gasteiger partial charge in [0.2, 0.25) is 0 Å². The Morgan fingerprint density at radius 2 is 1.83 bits per heavy atom. The molecule has 6 heteroatoms. The summed E-state index contributed by atoms with van der Waals surface area (Å²) in [7, 11) is 0. The molecule has 1 amide bonds. The average Bonchev–Trinajstić information content (AvgIpc) is 3.16. The molecular formula is C23H27N3O2S. The molecule has 0 bridgehead atoms. The molecule has 0 saturated carbocycles. The minimum Gasteiger partial charge on any atom is -0.451 e. The van der Waals surface area contributed by atoms with Gasteiger partial charge in [0.25, 0.3) is 5.91 Å². The molecule has 2 heterocycles. The van der Waals surface area contributed by atoms with Gasteiger partial charge in [-0.1, -0.05) is 51.2 Å². The van der Waals surface area contributed by atoms with Crippen molar-refractivity contribution >= 4 is 39.9 Å². The first kappa shape index (κ1) is 21.0. The first-order valence-electron chi connectivity index (χ1n) is 10.2. The Kier molecular flexibility index (Phi) is 7.76. The SMILES string of the molecule is CCCCCCCCc1ccc(NC(=S)NC(=O)c2cc3cnccc3o2)cc1. The molecule has 0 spiro atoms. The lowest BCUT2D eigenvalue weighted by atomic mass is 10.0. The molecule has 0 fully saturated rings. The van der Waals surface area contributed by atoms with E-state index in [0.717, 1.165) is 17.5 Å². The van der Waals surface area contributed by atoms with E-state index in [-0.39, 0.29) is 10.9 Å². The number of aromatic nitrogens is 1. The second-order valence-electron chi connectivity index (χ2n) is 7.15. The highest BCUT2D eigenvalue weighted by Gasteiger charge is 2.13. The van der Waals surface area contributed by atoms with E-state index in [4.69, 9.17) is 16.6 Å².